The van der Waals surface area contributed by atoms with E-state index < -0.39 is 18.1 Å². The van der Waals surface area contributed by atoms with Gasteiger partial charge < -0.3 is 20.7 Å². The Kier molecular flexibility index (Phi) is 7.25. The summed E-state index contributed by atoms with van der Waals surface area (Å²) in [7, 11) is 0. The van der Waals surface area contributed by atoms with Crippen molar-refractivity contribution in [2.75, 3.05) is 11.9 Å². The second kappa shape index (κ2) is 9.66. The van der Waals surface area contributed by atoms with Crippen molar-refractivity contribution >= 4 is 23.6 Å². The molecule has 1 atom stereocenters. The second-order valence-electron chi connectivity index (χ2n) is 6.12. The van der Waals surface area contributed by atoms with Crippen molar-refractivity contribution in [3.8, 4) is 0 Å². The van der Waals surface area contributed by atoms with Crippen LogP contribution in [-0.2, 0) is 14.3 Å². The van der Waals surface area contributed by atoms with Crippen molar-refractivity contribution in [2.45, 2.75) is 51.2 Å². The maximum atomic E-state index is 12.0. The SMILES string of the molecule is C[C@H](OC(=O)CCNC(=O)Nc1ccccc1)C(=O)NC1CCCC1. The van der Waals surface area contributed by atoms with Gasteiger partial charge in [-0.25, -0.2) is 4.79 Å². The molecule has 1 aromatic rings. The molecule has 1 aromatic carbocycles. The number of nitrogens with one attached hydrogen (secondary N) is 3. The van der Waals surface area contributed by atoms with E-state index in [1.807, 2.05) is 18.2 Å². The van der Waals surface area contributed by atoms with Gasteiger partial charge in [0.1, 0.15) is 0 Å². The number of hydrogen-bond acceptors (Lipinski definition) is 4. The molecule has 0 unspecified atom stereocenters. The van der Waals surface area contributed by atoms with E-state index in [1.165, 1.54) is 0 Å². The number of ether oxygens (including phenoxy) is 1. The van der Waals surface area contributed by atoms with Crippen LogP contribution in [0.3, 0.4) is 0 Å². The lowest BCUT2D eigenvalue weighted by Crippen LogP contribution is -2.41. The Morgan fingerprint density at radius 3 is 2.52 bits per heavy atom. The van der Waals surface area contributed by atoms with E-state index in [9.17, 15) is 14.4 Å². The smallest absolute Gasteiger partial charge is 0.319 e. The molecular weight excluding hydrogens is 322 g/mol. The molecule has 0 heterocycles. The topological polar surface area (TPSA) is 96.5 Å². The molecule has 1 fully saturated rings. The maximum absolute atomic E-state index is 12.0. The summed E-state index contributed by atoms with van der Waals surface area (Å²) in [6.07, 6.45) is 3.38. The van der Waals surface area contributed by atoms with Crippen molar-refractivity contribution in [1.29, 1.82) is 0 Å². The lowest BCUT2D eigenvalue weighted by Gasteiger charge is -2.17. The summed E-state index contributed by atoms with van der Waals surface area (Å²) in [4.78, 5) is 35.4. The molecule has 136 valence electrons. The Morgan fingerprint density at radius 2 is 1.84 bits per heavy atom. The van der Waals surface area contributed by atoms with Crippen molar-refractivity contribution < 1.29 is 19.1 Å². The molecule has 0 aliphatic heterocycles. The van der Waals surface area contributed by atoms with E-state index >= 15 is 0 Å². The number of para-hydroxylation sites is 1. The zero-order valence-electron chi connectivity index (χ0n) is 14.4. The molecule has 0 bridgehead atoms. The number of amides is 3. The minimum atomic E-state index is -0.828. The molecule has 25 heavy (non-hydrogen) atoms. The first-order valence-corrected chi connectivity index (χ1v) is 8.64. The van der Waals surface area contributed by atoms with E-state index in [0.29, 0.717) is 5.69 Å². The Bertz CT molecular complexity index is 585. The average Bonchev–Trinajstić information content (AvgIpc) is 3.08. The third-order valence-electron chi connectivity index (χ3n) is 4.03. The Labute approximate surface area is 147 Å². The molecule has 1 aliphatic rings. The van der Waals surface area contributed by atoms with Crippen molar-refractivity contribution in [2.24, 2.45) is 0 Å². The number of esters is 1. The minimum Gasteiger partial charge on any atom is -0.452 e. The predicted molar refractivity (Wildman–Crippen MR) is 94.0 cm³/mol. The van der Waals surface area contributed by atoms with Gasteiger partial charge in [-0.15, -0.1) is 0 Å². The van der Waals surface area contributed by atoms with Crippen LogP contribution in [-0.4, -0.2) is 36.6 Å². The molecule has 3 amide bonds. The number of carbonyl (C=O) groups excluding carboxylic acids is 3. The zero-order valence-corrected chi connectivity index (χ0v) is 14.4. The minimum absolute atomic E-state index is 0.00323. The highest BCUT2D eigenvalue weighted by atomic mass is 16.5. The van der Waals surface area contributed by atoms with Gasteiger partial charge in [0, 0.05) is 18.3 Å². The summed E-state index contributed by atoms with van der Waals surface area (Å²) < 4.78 is 5.10. The molecule has 1 saturated carbocycles. The van der Waals surface area contributed by atoms with Gasteiger partial charge in [0.2, 0.25) is 0 Å². The standard InChI is InChI=1S/C18H25N3O4/c1-13(17(23)20-14-9-5-6-10-14)25-16(22)11-12-19-18(24)21-15-7-3-2-4-8-15/h2-4,7-8,13-14H,5-6,9-12H2,1H3,(H,20,23)(H2,19,21,24)/t13-/m0/s1. The number of anilines is 1. The molecule has 2 rings (SSSR count). The summed E-state index contributed by atoms with van der Waals surface area (Å²) in [6, 6.07) is 8.79. The largest absolute Gasteiger partial charge is 0.452 e. The number of carbonyl (C=O) groups is 3. The van der Waals surface area contributed by atoms with Crippen LogP contribution < -0.4 is 16.0 Å². The van der Waals surface area contributed by atoms with Gasteiger partial charge in [-0.1, -0.05) is 31.0 Å². The van der Waals surface area contributed by atoms with E-state index in [1.54, 1.807) is 19.1 Å². The third-order valence-corrected chi connectivity index (χ3v) is 4.03. The monoisotopic (exact) mass is 347 g/mol. The zero-order chi connectivity index (χ0) is 18.1. The van der Waals surface area contributed by atoms with Crippen LogP contribution >= 0.6 is 0 Å². The van der Waals surface area contributed by atoms with Crippen LogP contribution in [0.15, 0.2) is 30.3 Å². The van der Waals surface area contributed by atoms with Crippen LogP contribution in [0.4, 0.5) is 10.5 Å². The summed E-state index contributed by atoms with van der Waals surface area (Å²) in [6.45, 7) is 1.69. The molecule has 0 aromatic heterocycles. The number of urea groups is 1. The van der Waals surface area contributed by atoms with Gasteiger partial charge in [-0.2, -0.15) is 0 Å². The van der Waals surface area contributed by atoms with Gasteiger partial charge in [0.05, 0.1) is 6.42 Å². The first-order chi connectivity index (χ1) is 12.0. The Hall–Kier alpha value is -2.57. The molecule has 7 nitrogen and oxygen atoms in total. The van der Waals surface area contributed by atoms with Gasteiger partial charge in [-0.3, -0.25) is 9.59 Å². The van der Waals surface area contributed by atoms with Crippen molar-refractivity contribution in [3.05, 3.63) is 30.3 Å². The average molecular weight is 347 g/mol. The summed E-state index contributed by atoms with van der Waals surface area (Å²) in [5.74, 6) is -0.788. The van der Waals surface area contributed by atoms with Crippen LogP contribution in [0.2, 0.25) is 0 Å². The quantitative estimate of drug-likeness (QED) is 0.659. The molecule has 3 N–H and O–H groups in total. The normalized spacial score (nSPS) is 15.2. The predicted octanol–water partition coefficient (Wildman–Crippen LogP) is 2.19. The highest BCUT2D eigenvalue weighted by Crippen LogP contribution is 2.17. The number of benzene rings is 1. The van der Waals surface area contributed by atoms with E-state index in [0.717, 1.165) is 25.7 Å². The fourth-order valence-electron chi connectivity index (χ4n) is 2.67. The van der Waals surface area contributed by atoms with Gasteiger partial charge in [0.25, 0.3) is 5.91 Å². The van der Waals surface area contributed by atoms with Crippen LogP contribution in [0.1, 0.15) is 39.0 Å². The summed E-state index contributed by atoms with van der Waals surface area (Å²) in [5.41, 5.74) is 0.666. The lowest BCUT2D eigenvalue weighted by atomic mass is 10.2. The second-order valence-corrected chi connectivity index (χ2v) is 6.12. The molecule has 0 spiro atoms. The molecule has 7 heteroatoms. The summed E-state index contributed by atoms with van der Waals surface area (Å²) in [5, 5.41) is 8.11. The highest BCUT2D eigenvalue weighted by molar-refractivity contribution is 5.89. The Balaban J connectivity index is 1.61. The molecule has 0 radical (unpaired) electrons. The summed E-state index contributed by atoms with van der Waals surface area (Å²) >= 11 is 0. The third kappa shape index (κ3) is 6.82. The lowest BCUT2D eigenvalue weighted by molar-refractivity contribution is -0.154. The molecule has 1 aliphatic carbocycles. The first kappa shape index (κ1) is 18.8. The first-order valence-electron chi connectivity index (χ1n) is 8.64. The van der Waals surface area contributed by atoms with Gasteiger partial charge in [-0.05, 0) is 31.9 Å². The highest BCUT2D eigenvalue weighted by Gasteiger charge is 2.22. The van der Waals surface area contributed by atoms with E-state index in [-0.39, 0.29) is 24.9 Å². The number of hydrogen-bond donors (Lipinski definition) is 3. The fourth-order valence-corrected chi connectivity index (χ4v) is 2.67. The Morgan fingerprint density at radius 1 is 1.16 bits per heavy atom. The van der Waals surface area contributed by atoms with Crippen molar-refractivity contribution in [1.82, 2.24) is 10.6 Å². The van der Waals surface area contributed by atoms with Crippen LogP contribution in [0.5, 0.6) is 0 Å². The van der Waals surface area contributed by atoms with Gasteiger partial charge >= 0.3 is 12.0 Å². The van der Waals surface area contributed by atoms with E-state index in [2.05, 4.69) is 16.0 Å². The number of rotatable bonds is 7. The van der Waals surface area contributed by atoms with Crippen LogP contribution in [0.25, 0.3) is 0 Å². The molecular formula is C18H25N3O4. The molecule has 0 saturated heterocycles. The van der Waals surface area contributed by atoms with Gasteiger partial charge in [0.15, 0.2) is 6.10 Å². The fraction of sp³-hybridized carbons (Fsp3) is 0.500. The van der Waals surface area contributed by atoms with E-state index in [4.69, 9.17) is 4.74 Å². The van der Waals surface area contributed by atoms with Crippen molar-refractivity contribution in [3.63, 3.8) is 0 Å². The van der Waals surface area contributed by atoms with Crippen LogP contribution in [0, 0.1) is 0 Å². The maximum Gasteiger partial charge on any atom is 0.319 e.